The lowest BCUT2D eigenvalue weighted by Gasteiger charge is -2.24. The lowest BCUT2D eigenvalue weighted by molar-refractivity contribution is -0.151. The van der Waals surface area contributed by atoms with Crippen molar-refractivity contribution in [3.63, 3.8) is 0 Å². The first kappa shape index (κ1) is 66.6. The molecule has 0 radical (unpaired) electrons. The highest BCUT2D eigenvalue weighted by Crippen LogP contribution is 2.19. The molecule has 6 nitrogen and oxygen atoms in total. The van der Waals surface area contributed by atoms with Gasteiger partial charge in [0.1, 0.15) is 6.10 Å². The summed E-state index contributed by atoms with van der Waals surface area (Å²) in [7, 11) is 0. The van der Waals surface area contributed by atoms with E-state index in [1.807, 2.05) is 0 Å². The zero-order chi connectivity index (χ0) is 49.5. The van der Waals surface area contributed by atoms with Crippen LogP contribution < -0.4 is 5.32 Å². The predicted octanol–water partition coefficient (Wildman–Crippen LogP) is 19.2. The topological polar surface area (TPSA) is 95.9 Å². The Kier molecular flexibility index (Phi) is 55.3. The zero-order valence-corrected chi connectivity index (χ0v) is 46.3. The van der Waals surface area contributed by atoms with E-state index in [9.17, 15) is 19.8 Å². The van der Waals surface area contributed by atoms with Gasteiger partial charge in [0.15, 0.2) is 0 Å². The van der Waals surface area contributed by atoms with E-state index in [1.54, 1.807) is 0 Å². The van der Waals surface area contributed by atoms with Crippen LogP contribution in [0.3, 0.4) is 0 Å². The number of aliphatic hydroxyl groups is 2. The van der Waals surface area contributed by atoms with Crippen LogP contribution in [0, 0.1) is 0 Å². The van der Waals surface area contributed by atoms with Crippen LogP contribution in [0.1, 0.15) is 348 Å². The van der Waals surface area contributed by atoms with Crippen LogP contribution in [0.25, 0.3) is 0 Å². The van der Waals surface area contributed by atoms with Crippen molar-refractivity contribution in [3.05, 3.63) is 12.2 Å². The molecule has 0 fully saturated rings. The van der Waals surface area contributed by atoms with E-state index >= 15 is 0 Å². The van der Waals surface area contributed by atoms with Crippen molar-refractivity contribution in [2.75, 3.05) is 6.61 Å². The molecule has 0 aliphatic carbocycles. The maximum absolute atomic E-state index is 13.3. The maximum atomic E-state index is 13.3. The molecule has 0 aliphatic rings. The Bertz CT molecular complexity index is 1030. The number of unbranched alkanes of at least 4 members (excludes halogenated alkanes) is 43. The zero-order valence-electron chi connectivity index (χ0n) is 46.3. The molecule has 0 rings (SSSR count). The highest BCUT2D eigenvalue weighted by molar-refractivity contribution is 5.77. The summed E-state index contributed by atoms with van der Waals surface area (Å²) < 4.78 is 5.98. The van der Waals surface area contributed by atoms with Gasteiger partial charge in [0, 0.05) is 6.42 Å². The fraction of sp³-hybridized carbons (Fsp3) is 0.935. The molecule has 6 heteroatoms. The minimum Gasteiger partial charge on any atom is -0.462 e. The molecule has 3 unspecified atom stereocenters. The minimum absolute atomic E-state index is 0.0799. The number of hydrogen-bond donors (Lipinski definition) is 3. The Morgan fingerprint density at radius 3 is 1.04 bits per heavy atom. The van der Waals surface area contributed by atoms with Crippen molar-refractivity contribution >= 4 is 11.9 Å². The van der Waals surface area contributed by atoms with Crippen molar-refractivity contribution in [3.8, 4) is 0 Å². The molecule has 0 saturated heterocycles. The highest BCUT2D eigenvalue weighted by Gasteiger charge is 2.24. The van der Waals surface area contributed by atoms with Gasteiger partial charge in [0.2, 0.25) is 5.91 Å². The minimum atomic E-state index is -0.786. The number of ether oxygens (including phenoxy) is 1. The SMILES string of the molecule is CCCCCCCC/C=C/CCCCCCCC(CC(=O)NC(CO)C(O)CCCCCCCCCCCCCCCCCC)OC(=O)CCCCCCCCCCCCCCCCCCCC. The van der Waals surface area contributed by atoms with Gasteiger partial charge in [0.25, 0.3) is 0 Å². The van der Waals surface area contributed by atoms with Crippen LogP contribution in [0.15, 0.2) is 12.2 Å². The van der Waals surface area contributed by atoms with Crippen LogP contribution in [-0.4, -0.2) is 46.9 Å². The summed E-state index contributed by atoms with van der Waals surface area (Å²) in [5.41, 5.74) is 0. The Morgan fingerprint density at radius 1 is 0.412 bits per heavy atom. The van der Waals surface area contributed by atoms with Crippen LogP contribution >= 0.6 is 0 Å². The molecular formula is C62H121NO5. The molecule has 0 bridgehead atoms. The molecule has 0 aromatic carbocycles. The summed E-state index contributed by atoms with van der Waals surface area (Å²) in [4.78, 5) is 26.3. The molecule has 3 atom stereocenters. The third-order valence-electron chi connectivity index (χ3n) is 14.6. The van der Waals surface area contributed by atoms with Crippen molar-refractivity contribution in [1.29, 1.82) is 0 Å². The molecule has 3 N–H and O–H groups in total. The second-order valence-corrected chi connectivity index (χ2v) is 21.5. The molecule has 0 spiro atoms. The quantitative estimate of drug-likeness (QED) is 0.0321. The van der Waals surface area contributed by atoms with E-state index in [0.29, 0.717) is 19.3 Å². The van der Waals surface area contributed by atoms with E-state index in [0.717, 1.165) is 57.8 Å². The van der Waals surface area contributed by atoms with Crippen LogP contribution in [0.4, 0.5) is 0 Å². The van der Waals surface area contributed by atoms with Crippen molar-refractivity contribution in [2.24, 2.45) is 0 Å². The number of carbonyl (C=O) groups is 2. The van der Waals surface area contributed by atoms with Crippen molar-refractivity contribution in [2.45, 2.75) is 366 Å². The Balaban J connectivity index is 4.48. The summed E-state index contributed by atoms with van der Waals surface area (Å²) in [6, 6.07) is -0.699. The van der Waals surface area contributed by atoms with Gasteiger partial charge in [0.05, 0.1) is 25.2 Å². The lowest BCUT2D eigenvalue weighted by Crippen LogP contribution is -2.46. The number of amides is 1. The molecule has 0 heterocycles. The molecule has 68 heavy (non-hydrogen) atoms. The summed E-state index contributed by atoms with van der Waals surface area (Å²) in [6.07, 6.45) is 65.7. The van der Waals surface area contributed by atoms with E-state index in [-0.39, 0.29) is 24.9 Å². The summed E-state index contributed by atoms with van der Waals surface area (Å²) in [5, 5.41) is 23.9. The van der Waals surface area contributed by atoms with Crippen LogP contribution in [0.2, 0.25) is 0 Å². The van der Waals surface area contributed by atoms with Crippen molar-refractivity contribution in [1.82, 2.24) is 5.32 Å². The summed E-state index contributed by atoms with van der Waals surface area (Å²) in [5.74, 6) is -0.455. The smallest absolute Gasteiger partial charge is 0.306 e. The second kappa shape index (κ2) is 56.5. The predicted molar refractivity (Wildman–Crippen MR) is 297 cm³/mol. The van der Waals surface area contributed by atoms with Crippen molar-refractivity contribution < 1.29 is 24.5 Å². The molecule has 404 valence electrons. The maximum Gasteiger partial charge on any atom is 0.306 e. The first-order valence-electron chi connectivity index (χ1n) is 30.9. The molecule has 0 aromatic rings. The highest BCUT2D eigenvalue weighted by atomic mass is 16.5. The van der Waals surface area contributed by atoms with Gasteiger partial charge in [-0.3, -0.25) is 9.59 Å². The fourth-order valence-electron chi connectivity index (χ4n) is 9.90. The van der Waals surface area contributed by atoms with Gasteiger partial charge in [-0.15, -0.1) is 0 Å². The first-order valence-corrected chi connectivity index (χ1v) is 30.9. The number of allylic oxidation sites excluding steroid dienone is 2. The Labute approximate surface area is 425 Å². The average Bonchev–Trinajstić information content (AvgIpc) is 3.33. The Hall–Kier alpha value is -1.40. The number of aliphatic hydroxyl groups excluding tert-OH is 2. The first-order chi connectivity index (χ1) is 33.5. The standard InChI is InChI=1S/C62H121NO5/c1-4-7-10-13-16-19-22-25-28-30-31-34-37-40-43-46-49-52-55-62(67)68-58(53-50-47-44-41-38-35-32-27-24-21-18-15-12-9-6-3)56-61(66)63-59(57-64)60(65)54-51-48-45-42-39-36-33-29-26-23-20-17-14-11-8-5-2/h27,32,58-60,64-65H,4-26,28-31,33-57H2,1-3H3,(H,63,66)/b32-27+. The van der Waals surface area contributed by atoms with E-state index in [1.165, 1.54) is 244 Å². The molecule has 1 amide bonds. The Morgan fingerprint density at radius 2 is 0.706 bits per heavy atom. The second-order valence-electron chi connectivity index (χ2n) is 21.5. The van der Waals surface area contributed by atoms with Gasteiger partial charge >= 0.3 is 5.97 Å². The van der Waals surface area contributed by atoms with E-state index in [4.69, 9.17) is 4.74 Å². The number of carbonyl (C=O) groups excluding carboxylic acids is 2. The molecular weight excluding hydrogens is 839 g/mol. The monoisotopic (exact) mass is 960 g/mol. The van der Waals surface area contributed by atoms with E-state index < -0.39 is 18.2 Å². The third kappa shape index (κ3) is 51.0. The van der Waals surface area contributed by atoms with E-state index in [2.05, 4.69) is 38.2 Å². The summed E-state index contributed by atoms with van der Waals surface area (Å²) >= 11 is 0. The van der Waals surface area contributed by atoms with Gasteiger partial charge in [-0.2, -0.15) is 0 Å². The third-order valence-corrected chi connectivity index (χ3v) is 14.6. The molecule has 0 aliphatic heterocycles. The molecule has 0 saturated carbocycles. The number of nitrogens with one attached hydrogen (secondary N) is 1. The fourth-order valence-corrected chi connectivity index (χ4v) is 9.90. The van der Waals surface area contributed by atoms with Gasteiger partial charge < -0.3 is 20.3 Å². The average molecular weight is 961 g/mol. The van der Waals surface area contributed by atoms with Crippen LogP contribution in [-0.2, 0) is 14.3 Å². The summed E-state index contributed by atoms with van der Waals surface area (Å²) in [6.45, 7) is 6.54. The normalized spacial score (nSPS) is 13.1. The number of esters is 1. The largest absolute Gasteiger partial charge is 0.462 e. The molecule has 0 aromatic heterocycles. The van der Waals surface area contributed by atoms with Gasteiger partial charge in [-0.1, -0.05) is 296 Å². The number of hydrogen-bond acceptors (Lipinski definition) is 5. The van der Waals surface area contributed by atoms with Gasteiger partial charge in [-0.05, 0) is 51.4 Å². The van der Waals surface area contributed by atoms with Crippen LogP contribution in [0.5, 0.6) is 0 Å². The van der Waals surface area contributed by atoms with Gasteiger partial charge in [-0.25, -0.2) is 0 Å². The lowest BCUT2D eigenvalue weighted by atomic mass is 10.0. The number of rotatable bonds is 57.